The van der Waals surface area contributed by atoms with Gasteiger partial charge in [-0.25, -0.2) is 0 Å². The lowest BCUT2D eigenvalue weighted by Crippen LogP contribution is -2.43. The number of nitrogens with one attached hydrogen (secondary N) is 1. The minimum atomic E-state index is -1.24. The molecule has 1 rings (SSSR count). The number of thioether (sulfide) groups is 1. The standard InChI is InChI=1S/C14H21NO3S/c1-14(18,11-16)10-15-13(17)8-5-9-19-12-6-3-2-4-7-12/h2-4,6-7,16,18H,5,8-11H2,1H3,(H,15,17). The topological polar surface area (TPSA) is 69.6 Å². The molecule has 1 aromatic rings. The molecule has 0 aliphatic carbocycles. The highest BCUT2D eigenvalue weighted by molar-refractivity contribution is 7.99. The molecule has 0 fully saturated rings. The van der Waals surface area contributed by atoms with E-state index in [0.29, 0.717) is 6.42 Å². The molecule has 0 heterocycles. The van der Waals surface area contributed by atoms with Crippen LogP contribution in [0.2, 0.25) is 0 Å². The van der Waals surface area contributed by atoms with Crippen molar-refractivity contribution in [2.24, 2.45) is 0 Å². The molecule has 0 bridgehead atoms. The van der Waals surface area contributed by atoms with Crippen molar-refractivity contribution in [3.8, 4) is 0 Å². The molecule has 1 amide bonds. The summed E-state index contributed by atoms with van der Waals surface area (Å²) in [6.45, 7) is 1.20. The Kier molecular flexibility index (Phi) is 6.91. The van der Waals surface area contributed by atoms with Crippen molar-refractivity contribution >= 4 is 17.7 Å². The first-order valence-electron chi connectivity index (χ1n) is 6.31. The highest BCUT2D eigenvalue weighted by atomic mass is 32.2. The molecular formula is C14H21NO3S. The lowest BCUT2D eigenvalue weighted by molar-refractivity contribution is -0.122. The minimum Gasteiger partial charge on any atom is -0.393 e. The van der Waals surface area contributed by atoms with Gasteiger partial charge in [0.25, 0.3) is 0 Å². The van der Waals surface area contributed by atoms with Gasteiger partial charge in [-0.2, -0.15) is 0 Å². The first kappa shape index (κ1) is 16.0. The van der Waals surface area contributed by atoms with Crippen LogP contribution in [0.3, 0.4) is 0 Å². The average Bonchev–Trinajstić information content (AvgIpc) is 2.43. The molecule has 0 saturated heterocycles. The molecule has 19 heavy (non-hydrogen) atoms. The molecule has 4 nitrogen and oxygen atoms in total. The Bertz CT molecular complexity index is 382. The minimum absolute atomic E-state index is 0.0775. The van der Waals surface area contributed by atoms with Gasteiger partial charge in [-0.15, -0.1) is 11.8 Å². The van der Waals surface area contributed by atoms with Gasteiger partial charge in [-0.1, -0.05) is 18.2 Å². The summed E-state index contributed by atoms with van der Waals surface area (Å²) in [5.41, 5.74) is -1.24. The molecular weight excluding hydrogens is 262 g/mol. The smallest absolute Gasteiger partial charge is 0.220 e. The normalized spacial score (nSPS) is 13.8. The van der Waals surface area contributed by atoms with E-state index in [0.717, 1.165) is 12.2 Å². The molecule has 5 heteroatoms. The third kappa shape index (κ3) is 7.20. The van der Waals surface area contributed by atoms with Gasteiger partial charge in [0.15, 0.2) is 0 Å². The number of rotatable bonds is 8. The van der Waals surface area contributed by atoms with Crippen LogP contribution in [0.5, 0.6) is 0 Å². The van der Waals surface area contributed by atoms with Gasteiger partial charge < -0.3 is 15.5 Å². The van der Waals surface area contributed by atoms with Crippen molar-refractivity contribution in [2.75, 3.05) is 18.9 Å². The third-order valence-corrected chi connectivity index (χ3v) is 3.67. The van der Waals surface area contributed by atoms with E-state index in [-0.39, 0.29) is 19.1 Å². The summed E-state index contributed by atoms with van der Waals surface area (Å²) in [4.78, 5) is 12.7. The molecule has 0 aromatic heterocycles. The van der Waals surface area contributed by atoms with Crippen molar-refractivity contribution in [1.82, 2.24) is 5.32 Å². The van der Waals surface area contributed by atoms with Gasteiger partial charge in [0.05, 0.1) is 6.61 Å². The highest BCUT2D eigenvalue weighted by Gasteiger charge is 2.19. The molecule has 1 atom stereocenters. The highest BCUT2D eigenvalue weighted by Crippen LogP contribution is 2.18. The van der Waals surface area contributed by atoms with Crippen molar-refractivity contribution < 1.29 is 15.0 Å². The molecule has 1 aromatic carbocycles. The van der Waals surface area contributed by atoms with Gasteiger partial charge in [0.2, 0.25) is 5.91 Å². The molecule has 0 aliphatic rings. The second-order valence-corrected chi connectivity index (χ2v) is 5.87. The van der Waals surface area contributed by atoms with Crippen molar-refractivity contribution in [1.29, 1.82) is 0 Å². The number of carbonyl (C=O) groups is 1. The van der Waals surface area contributed by atoms with E-state index in [2.05, 4.69) is 5.32 Å². The van der Waals surface area contributed by atoms with E-state index in [1.807, 2.05) is 30.3 Å². The fourth-order valence-corrected chi connectivity index (χ4v) is 2.25. The SMILES string of the molecule is CC(O)(CO)CNC(=O)CCCSc1ccccc1. The van der Waals surface area contributed by atoms with Crippen LogP contribution in [0.1, 0.15) is 19.8 Å². The first-order chi connectivity index (χ1) is 9.03. The Hall–Kier alpha value is -1.04. The van der Waals surface area contributed by atoms with Gasteiger partial charge in [0.1, 0.15) is 5.60 Å². The zero-order valence-electron chi connectivity index (χ0n) is 11.1. The van der Waals surface area contributed by atoms with Crippen LogP contribution >= 0.6 is 11.8 Å². The summed E-state index contributed by atoms with van der Waals surface area (Å²) in [6.07, 6.45) is 1.22. The summed E-state index contributed by atoms with van der Waals surface area (Å²) in [7, 11) is 0. The number of hydrogen-bond donors (Lipinski definition) is 3. The fourth-order valence-electron chi connectivity index (χ4n) is 1.37. The third-order valence-electron chi connectivity index (χ3n) is 2.57. The predicted octanol–water partition coefficient (Wildman–Crippen LogP) is 1.42. The van der Waals surface area contributed by atoms with Crippen LogP contribution in [0, 0.1) is 0 Å². The van der Waals surface area contributed by atoms with E-state index in [1.165, 1.54) is 11.8 Å². The zero-order chi connectivity index (χ0) is 14.1. The lowest BCUT2D eigenvalue weighted by Gasteiger charge is -2.20. The maximum atomic E-state index is 11.5. The summed E-state index contributed by atoms with van der Waals surface area (Å²) < 4.78 is 0. The number of aliphatic hydroxyl groups excluding tert-OH is 1. The quantitative estimate of drug-likeness (QED) is 0.498. The molecule has 1 unspecified atom stereocenters. The Morgan fingerprint density at radius 1 is 1.37 bits per heavy atom. The summed E-state index contributed by atoms with van der Waals surface area (Å²) in [5, 5.41) is 21.0. The van der Waals surface area contributed by atoms with Crippen LogP contribution in [0.25, 0.3) is 0 Å². The van der Waals surface area contributed by atoms with E-state index >= 15 is 0 Å². The number of benzene rings is 1. The largest absolute Gasteiger partial charge is 0.393 e. The van der Waals surface area contributed by atoms with E-state index in [1.54, 1.807) is 11.8 Å². The van der Waals surface area contributed by atoms with Gasteiger partial charge in [-0.3, -0.25) is 4.79 Å². The molecule has 106 valence electrons. The lowest BCUT2D eigenvalue weighted by atomic mass is 10.1. The molecule has 0 aliphatic heterocycles. The van der Waals surface area contributed by atoms with Crippen molar-refractivity contribution in [3.05, 3.63) is 30.3 Å². The van der Waals surface area contributed by atoms with E-state index < -0.39 is 5.60 Å². The second kappa shape index (κ2) is 8.19. The summed E-state index contributed by atoms with van der Waals surface area (Å²) >= 11 is 1.72. The van der Waals surface area contributed by atoms with Crippen LogP contribution < -0.4 is 5.32 Å². The van der Waals surface area contributed by atoms with Gasteiger partial charge in [0, 0.05) is 17.9 Å². The molecule has 3 N–H and O–H groups in total. The molecule has 0 radical (unpaired) electrons. The second-order valence-electron chi connectivity index (χ2n) is 4.70. The van der Waals surface area contributed by atoms with Crippen molar-refractivity contribution in [3.63, 3.8) is 0 Å². The van der Waals surface area contributed by atoms with Crippen LogP contribution in [0.4, 0.5) is 0 Å². The van der Waals surface area contributed by atoms with Crippen molar-refractivity contribution in [2.45, 2.75) is 30.3 Å². The average molecular weight is 283 g/mol. The van der Waals surface area contributed by atoms with E-state index in [4.69, 9.17) is 5.11 Å². The van der Waals surface area contributed by atoms with Gasteiger partial charge in [-0.05, 0) is 31.2 Å². The number of hydrogen-bond acceptors (Lipinski definition) is 4. The Balaban J connectivity index is 2.11. The van der Waals surface area contributed by atoms with Gasteiger partial charge >= 0.3 is 0 Å². The van der Waals surface area contributed by atoms with Crippen LogP contribution in [-0.2, 0) is 4.79 Å². The van der Waals surface area contributed by atoms with Crippen LogP contribution in [-0.4, -0.2) is 40.6 Å². The van der Waals surface area contributed by atoms with E-state index in [9.17, 15) is 9.90 Å². The fraction of sp³-hybridized carbons (Fsp3) is 0.500. The maximum Gasteiger partial charge on any atom is 0.220 e. The monoisotopic (exact) mass is 283 g/mol. The zero-order valence-corrected chi connectivity index (χ0v) is 11.9. The number of carbonyl (C=O) groups excluding carboxylic acids is 1. The maximum absolute atomic E-state index is 11.5. The first-order valence-corrected chi connectivity index (χ1v) is 7.30. The predicted molar refractivity (Wildman–Crippen MR) is 77.1 cm³/mol. The Morgan fingerprint density at radius 2 is 2.05 bits per heavy atom. The molecule has 0 spiro atoms. The molecule has 0 saturated carbocycles. The van der Waals surface area contributed by atoms with Crippen LogP contribution in [0.15, 0.2) is 35.2 Å². The Labute approximate surface area is 118 Å². The summed E-state index contributed by atoms with van der Waals surface area (Å²) in [5.74, 6) is 0.788. The number of amides is 1. The summed E-state index contributed by atoms with van der Waals surface area (Å²) in [6, 6.07) is 10.1. The Morgan fingerprint density at radius 3 is 2.68 bits per heavy atom. The number of aliphatic hydroxyl groups is 2.